The number of rotatable bonds is 6. The van der Waals surface area contributed by atoms with Crippen LogP contribution in [0, 0.1) is 0 Å². The van der Waals surface area contributed by atoms with E-state index >= 15 is 0 Å². The van der Waals surface area contributed by atoms with Gasteiger partial charge >= 0.3 is 0 Å². The second-order valence-corrected chi connectivity index (χ2v) is 4.84. The molecule has 1 rings (SSSR count). The lowest BCUT2D eigenvalue weighted by Gasteiger charge is -2.31. The number of benzene rings is 1. The van der Waals surface area contributed by atoms with Gasteiger partial charge in [-0.3, -0.25) is 4.79 Å². The minimum atomic E-state index is -0.727. The van der Waals surface area contributed by atoms with Crippen LogP contribution in [0.15, 0.2) is 30.3 Å². The molecule has 1 aromatic carbocycles. The van der Waals surface area contributed by atoms with Crippen molar-refractivity contribution in [2.24, 2.45) is 0 Å². The SMILES string of the molecule is CCC(CC)(CO)NC(=O)C(Cl)c1ccccc1. The molecule has 0 aliphatic rings. The number of nitrogens with one attached hydrogen (secondary N) is 1. The Balaban J connectivity index is 2.76. The van der Waals surface area contributed by atoms with E-state index in [1.807, 2.05) is 44.2 Å². The van der Waals surface area contributed by atoms with Gasteiger partial charge < -0.3 is 10.4 Å². The fourth-order valence-corrected chi connectivity index (χ4v) is 1.99. The molecule has 1 unspecified atom stereocenters. The predicted octanol–water partition coefficient (Wildman–Crippen LogP) is 2.63. The maximum atomic E-state index is 12.1. The largest absolute Gasteiger partial charge is 0.394 e. The van der Waals surface area contributed by atoms with Gasteiger partial charge in [0.1, 0.15) is 5.38 Å². The Kier molecular flexibility index (Phi) is 5.63. The summed E-state index contributed by atoms with van der Waals surface area (Å²) in [4.78, 5) is 12.1. The van der Waals surface area contributed by atoms with Crippen molar-refractivity contribution in [3.05, 3.63) is 35.9 Å². The fraction of sp³-hybridized carbons (Fsp3) is 0.500. The van der Waals surface area contributed by atoms with Crippen LogP contribution in [0.5, 0.6) is 0 Å². The molecule has 0 spiro atoms. The van der Waals surface area contributed by atoms with Crippen molar-refractivity contribution in [2.75, 3.05) is 6.61 Å². The minimum Gasteiger partial charge on any atom is -0.394 e. The molecule has 1 aromatic rings. The highest BCUT2D eigenvalue weighted by Gasteiger charge is 2.30. The van der Waals surface area contributed by atoms with Crippen LogP contribution in [-0.2, 0) is 4.79 Å². The molecule has 0 saturated heterocycles. The van der Waals surface area contributed by atoms with E-state index in [0.717, 1.165) is 5.56 Å². The van der Waals surface area contributed by atoms with E-state index in [1.165, 1.54) is 0 Å². The number of aliphatic hydroxyl groups is 1. The van der Waals surface area contributed by atoms with Crippen LogP contribution >= 0.6 is 11.6 Å². The topological polar surface area (TPSA) is 49.3 Å². The first kappa shape index (κ1) is 15.0. The molecular weight excluding hydrogens is 250 g/mol. The third kappa shape index (κ3) is 3.47. The Morgan fingerprint density at radius 1 is 1.33 bits per heavy atom. The third-order valence-corrected chi connectivity index (χ3v) is 3.82. The summed E-state index contributed by atoms with van der Waals surface area (Å²) in [5.41, 5.74) is 0.189. The number of amides is 1. The highest BCUT2D eigenvalue weighted by Crippen LogP contribution is 2.23. The molecule has 0 aliphatic carbocycles. The minimum absolute atomic E-state index is 0.0792. The van der Waals surface area contributed by atoms with E-state index in [2.05, 4.69) is 5.32 Å². The maximum Gasteiger partial charge on any atom is 0.243 e. The first-order chi connectivity index (χ1) is 8.58. The summed E-state index contributed by atoms with van der Waals surface area (Å²) in [6.07, 6.45) is 1.34. The average molecular weight is 270 g/mol. The van der Waals surface area contributed by atoms with Gasteiger partial charge in [0, 0.05) is 0 Å². The molecule has 100 valence electrons. The van der Waals surface area contributed by atoms with Crippen molar-refractivity contribution in [3.63, 3.8) is 0 Å². The number of carbonyl (C=O) groups excluding carboxylic acids is 1. The quantitative estimate of drug-likeness (QED) is 0.780. The van der Waals surface area contributed by atoms with Crippen LogP contribution in [-0.4, -0.2) is 23.2 Å². The van der Waals surface area contributed by atoms with Crippen molar-refractivity contribution in [1.29, 1.82) is 0 Å². The van der Waals surface area contributed by atoms with Gasteiger partial charge in [-0.2, -0.15) is 0 Å². The van der Waals surface area contributed by atoms with Gasteiger partial charge in [-0.1, -0.05) is 44.2 Å². The Morgan fingerprint density at radius 2 is 1.89 bits per heavy atom. The fourth-order valence-electron chi connectivity index (χ4n) is 1.79. The molecule has 0 saturated carbocycles. The molecule has 18 heavy (non-hydrogen) atoms. The lowest BCUT2D eigenvalue weighted by molar-refractivity contribution is -0.123. The van der Waals surface area contributed by atoms with E-state index in [9.17, 15) is 9.90 Å². The van der Waals surface area contributed by atoms with Crippen LogP contribution < -0.4 is 5.32 Å². The zero-order valence-electron chi connectivity index (χ0n) is 10.8. The van der Waals surface area contributed by atoms with Gasteiger partial charge in [0.25, 0.3) is 0 Å². The predicted molar refractivity (Wildman–Crippen MR) is 73.6 cm³/mol. The summed E-state index contributed by atoms with van der Waals surface area (Å²) < 4.78 is 0. The molecule has 3 nitrogen and oxygen atoms in total. The third-order valence-electron chi connectivity index (χ3n) is 3.37. The Labute approximate surface area is 113 Å². The van der Waals surface area contributed by atoms with Crippen molar-refractivity contribution < 1.29 is 9.90 Å². The summed E-state index contributed by atoms with van der Waals surface area (Å²) >= 11 is 6.14. The first-order valence-electron chi connectivity index (χ1n) is 6.20. The molecule has 2 N–H and O–H groups in total. The molecule has 4 heteroatoms. The molecule has 1 atom stereocenters. The van der Waals surface area contributed by atoms with Crippen molar-refractivity contribution in [1.82, 2.24) is 5.32 Å². The van der Waals surface area contributed by atoms with Crippen molar-refractivity contribution >= 4 is 17.5 Å². The monoisotopic (exact) mass is 269 g/mol. The molecule has 0 aliphatic heterocycles. The normalized spacial score (nSPS) is 13.1. The van der Waals surface area contributed by atoms with E-state index in [0.29, 0.717) is 12.8 Å². The maximum absolute atomic E-state index is 12.1. The molecule has 0 bridgehead atoms. The molecule has 0 aromatic heterocycles. The van der Waals surface area contributed by atoms with E-state index in [4.69, 9.17) is 11.6 Å². The number of hydrogen-bond donors (Lipinski definition) is 2. The van der Waals surface area contributed by atoms with Gasteiger partial charge in [-0.15, -0.1) is 11.6 Å². The molecule has 0 heterocycles. The van der Waals surface area contributed by atoms with Gasteiger partial charge in [-0.05, 0) is 18.4 Å². The van der Waals surface area contributed by atoms with Crippen LogP contribution in [0.1, 0.15) is 37.6 Å². The Bertz CT molecular complexity index is 368. The summed E-state index contributed by atoms with van der Waals surface area (Å²) in [5, 5.41) is 11.6. The summed E-state index contributed by atoms with van der Waals surface area (Å²) in [6, 6.07) is 9.19. The van der Waals surface area contributed by atoms with Crippen molar-refractivity contribution in [3.8, 4) is 0 Å². The Hall–Kier alpha value is -1.06. The van der Waals surface area contributed by atoms with Gasteiger partial charge in [0.05, 0.1) is 12.1 Å². The van der Waals surface area contributed by atoms with Gasteiger partial charge in [-0.25, -0.2) is 0 Å². The molecule has 1 amide bonds. The molecule has 0 radical (unpaired) electrons. The smallest absolute Gasteiger partial charge is 0.243 e. The standard InChI is InChI=1S/C14H20ClNO2/c1-3-14(4-2,10-17)16-13(18)12(15)11-8-6-5-7-9-11/h5-9,12,17H,3-4,10H2,1-2H3,(H,16,18). The van der Waals surface area contributed by atoms with Crippen molar-refractivity contribution in [2.45, 2.75) is 37.6 Å². The zero-order valence-corrected chi connectivity index (χ0v) is 11.6. The summed E-state index contributed by atoms with van der Waals surface area (Å²) in [7, 11) is 0. The second-order valence-electron chi connectivity index (χ2n) is 4.41. The number of halogens is 1. The number of aliphatic hydroxyl groups excluding tert-OH is 1. The zero-order chi connectivity index (χ0) is 13.6. The highest BCUT2D eigenvalue weighted by molar-refractivity contribution is 6.30. The summed E-state index contributed by atoms with van der Waals surface area (Å²) in [6.45, 7) is 3.79. The molecule has 0 fully saturated rings. The lowest BCUT2D eigenvalue weighted by atomic mass is 9.93. The van der Waals surface area contributed by atoms with E-state index in [1.54, 1.807) is 0 Å². The van der Waals surface area contributed by atoms with E-state index in [-0.39, 0.29) is 12.5 Å². The van der Waals surface area contributed by atoms with Crippen LogP contribution in [0.2, 0.25) is 0 Å². The number of hydrogen-bond acceptors (Lipinski definition) is 2. The van der Waals surface area contributed by atoms with E-state index < -0.39 is 10.9 Å². The highest BCUT2D eigenvalue weighted by atomic mass is 35.5. The van der Waals surface area contributed by atoms with Gasteiger partial charge in [0.15, 0.2) is 0 Å². The Morgan fingerprint density at radius 3 is 2.33 bits per heavy atom. The second kappa shape index (κ2) is 6.76. The lowest BCUT2D eigenvalue weighted by Crippen LogP contribution is -2.51. The van der Waals surface area contributed by atoms with Crippen LogP contribution in [0.4, 0.5) is 0 Å². The van der Waals surface area contributed by atoms with Crippen LogP contribution in [0.25, 0.3) is 0 Å². The van der Waals surface area contributed by atoms with Gasteiger partial charge in [0.2, 0.25) is 5.91 Å². The summed E-state index contributed by atoms with van der Waals surface area (Å²) in [5.74, 6) is -0.263. The molecular formula is C14H20ClNO2. The number of alkyl halides is 1. The average Bonchev–Trinajstić information content (AvgIpc) is 2.45. The first-order valence-corrected chi connectivity index (χ1v) is 6.64. The van der Waals surface area contributed by atoms with Crippen LogP contribution in [0.3, 0.4) is 0 Å². The number of carbonyl (C=O) groups is 1.